The van der Waals surface area contributed by atoms with Crippen LogP contribution in [0, 0.1) is 0 Å². The maximum atomic E-state index is 12.5. The van der Waals surface area contributed by atoms with Crippen molar-refractivity contribution in [1.29, 1.82) is 0 Å². The first-order valence-electron chi connectivity index (χ1n) is 8.15. The fourth-order valence-corrected chi connectivity index (χ4v) is 2.13. The molecule has 27 heavy (non-hydrogen) atoms. The second kappa shape index (κ2) is 9.93. The fourth-order valence-electron chi connectivity index (χ4n) is 2.13. The van der Waals surface area contributed by atoms with Crippen molar-refractivity contribution in [2.24, 2.45) is 10.2 Å². The standard InChI is InChI=1S/C19H21N3O5/c1-13(24)18(19(25)20-14-7-3-5-9-16(14)26-2)22-21-15-8-4-6-10-17(15)27-12-11-23/h3-10,23-24H,11-12H2,1-2H3,(H,20,25). The van der Waals surface area contributed by atoms with Crippen molar-refractivity contribution >= 4 is 17.3 Å². The van der Waals surface area contributed by atoms with Crippen molar-refractivity contribution in [2.75, 3.05) is 25.6 Å². The van der Waals surface area contributed by atoms with Gasteiger partial charge in [0.2, 0.25) is 0 Å². The molecule has 0 radical (unpaired) electrons. The molecule has 3 N–H and O–H groups in total. The second-order valence-electron chi connectivity index (χ2n) is 5.33. The maximum absolute atomic E-state index is 12.5. The van der Waals surface area contributed by atoms with Crippen LogP contribution in [0.2, 0.25) is 0 Å². The molecule has 0 aromatic heterocycles. The molecule has 0 bridgehead atoms. The van der Waals surface area contributed by atoms with Crippen molar-refractivity contribution in [3.8, 4) is 11.5 Å². The van der Waals surface area contributed by atoms with Crippen LogP contribution in [0.5, 0.6) is 11.5 Å². The highest BCUT2D eigenvalue weighted by atomic mass is 16.5. The molecule has 0 heterocycles. The van der Waals surface area contributed by atoms with E-state index in [2.05, 4.69) is 15.5 Å². The Morgan fingerprint density at radius 2 is 1.78 bits per heavy atom. The van der Waals surface area contributed by atoms with E-state index in [0.29, 0.717) is 22.9 Å². The van der Waals surface area contributed by atoms with Crippen molar-refractivity contribution in [1.82, 2.24) is 0 Å². The Bertz CT molecular complexity index is 845. The maximum Gasteiger partial charge on any atom is 0.279 e. The third kappa shape index (κ3) is 5.55. The van der Waals surface area contributed by atoms with Crippen LogP contribution in [0.25, 0.3) is 0 Å². The summed E-state index contributed by atoms with van der Waals surface area (Å²) in [6.45, 7) is 1.29. The summed E-state index contributed by atoms with van der Waals surface area (Å²) in [7, 11) is 1.49. The van der Waals surface area contributed by atoms with E-state index in [-0.39, 0.29) is 24.7 Å². The number of hydrogen-bond donors (Lipinski definition) is 3. The highest BCUT2D eigenvalue weighted by molar-refractivity contribution is 6.04. The smallest absolute Gasteiger partial charge is 0.279 e. The summed E-state index contributed by atoms with van der Waals surface area (Å²) in [5, 5.41) is 29.2. The summed E-state index contributed by atoms with van der Waals surface area (Å²) in [5.41, 5.74) is 0.540. The molecule has 0 spiro atoms. The number of aliphatic hydroxyl groups is 2. The van der Waals surface area contributed by atoms with Crippen LogP contribution >= 0.6 is 0 Å². The van der Waals surface area contributed by atoms with Gasteiger partial charge >= 0.3 is 0 Å². The van der Waals surface area contributed by atoms with E-state index in [1.807, 2.05) is 0 Å². The second-order valence-corrected chi connectivity index (χ2v) is 5.33. The van der Waals surface area contributed by atoms with Gasteiger partial charge in [0, 0.05) is 0 Å². The molecule has 0 saturated heterocycles. The molecule has 2 aromatic rings. The predicted molar refractivity (Wildman–Crippen MR) is 100 cm³/mol. The molecule has 0 fully saturated rings. The Kier molecular flexibility index (Phi) is 7.33. The van der Waals surface area contributed by atoms with Crippen molar-refractivity contribution in [3.63, 3.8) is 0 Å². The molecule has 8 nitrogen and oxygen atoms in total. The zero-order chi connectivity index (χ0) is 19.6. The number of nitrogens with one attached hydrogen (secondary N) is 1. The normalized spacial score (nSPS) is 11.8. The molecular formula is C19H21N3O5. The molecule has 0 unspecified atom stereocenters. The molecule has 0 atom stereocenters. The van der Waals surface area contributed by atoms with E-state index < -0.39 is 5.91 Å². The van der Waals surface area contributed by atoms with Crippen LogP contribution in [-0.2, 0) is 4.79 Å². The average Bonchev–Trinajstić information content (AvgIpc) is 2.67. The van der Waals surface area contributed by atoms with E-state index >= 15 is 0 Å². The fraction of sp³-hybridized carbons (Fsp3) is 0.211. The minimum Gasteiger partial charge on any atom is -0.510 e. The highest BCUT2D eigenvalue weighted by Gasteiger charge is 2.15. The molecule has 0 aliphatic heterocycles. The van der Waals surface area contributed by atoms with Crippen LogP contribution in [-0.4, -0.2) is 36.4 Å². The predicted octanol–water partition coefficient (Wildman–Crippen LogP) is 3.58. The number of ether oxygens (including phenoxy) is 2. The molecule has 142 valence electrons. The number of amides is 1. The first-order chi connectivity index (χ1) is 13.1. The summed E-state index contributed by atoms with van der Waals surface area (Å²) in [5.74, 6) is -0.0622. The monoisotopic (exact) mass is 371 g/mol. The van der Waals surface area contributed by atoms with Crippen molar-refractivity contribution in [3.05, 3.63) is 60.0 Å². The first kappa shape index (κ1) is 19.9. The number of aliphatic hydroxyl groups excluding tert-OH is 2. The summed E-state index contributed by atoms with van der Waals surface area (Å²) in [6.07, 6.45) is 0. The number of nitrogens with zero attached hydrogens (tertiary/aromatic N) is 2. The number of carbonyl (C=O) groups is 1. The van der Waals surface area contributed by atoms with Gasteiger partial charge in [-0.2, -0.15) is 0 Å². The summed E-state index contributed by atoms with van der Waals surface area (Å²) in [6, 6.07) is 13.6. The van der Waals surface area contributed by atoms with Gasteiger partial charge in [0.15, 0.2) is 5.70 Å². The third-order valence-electron chi connectivity index (χ3n) is 3.38. The SMILES string of the molecule is COc1ccccc1NC(=O)C(N=Nc1ccccc1OCCO)=C(C)O. The van der Waals surface area contributed by atoms with Crippen molar-refractivity contribution in [2.45, 2.75) is 6.92 Å². The van der Waals surface area contributed by atoms with Gasteiger partial charge < -0.3 is 25.0 Å². The summed E-state index contributed by atoms with van der Waals surface area (Å²) < 4.78 is 10.6. The topological polar surface area (TPSA) is 113 Å². The van der Waals surface area contributed by atoms with Crippen LogP contribution in [0.3, 0.4) is 0 Å². The lowest BCUT2D eigenvalue weighted by molar-refractivity contribution is -0.113. The Morgan fingerprint density at radius 3 is 2.44 bits per heavy atom. The number of rotatable bonds is 8. The zero-order valence-electron chi connectivity index (χ0n) is 15.0. The van der Waals surface area contributed by atoms with Crippen LogP contribution in [0.1, 0.15) is 6.92 Å². The molecule has 0 aliphatic rings. The lowest BCUT2D eigenvalue weighted by Gasteiger charge is -2.10. The van der Waals surface area contributed by atoms with Gasteiger partial charge in [-0.05, 0) is 31.2 Å². The largest absolute Gasteiger partial charge is 0.510 e. The molecule has 0 saturated carbocycles. The third-order valence-corrected chi connectivity index (χ3v) is 3.38. The van der Waals surface area contributed by atoms with Gasteiger partial charge in [0.1, 0.15) is 29.6 Å². The Hall–Kier alpha value is -3.39. The number of allylic oxidation sites excluding steroid dienone is 1. The molecule has 2 rings (SSSR count). The van der Waals surface area contributed by atoms with Gasteiger partial charge in [0.05, 0.1) is 19.4 Å². The van der Waals surface area contributed by atoms with E-state index in [1.165, 1.54) is 14.0 Å². The van der Waals surface area contributed by atoms with E-state index in [4.69, 9.17) is 14.6 Å². The lowest BCUT2D eigenvalue weighted by atomic mass is 10.2. The Balaban J connectivity index is 2.23. The van der Waals surface area contributed by atoms with Crippen molar-refractivity contribution < 1.29 is 24.5 Å². The number of para-hydroxylation sites is 3. The summed E-state index contributed by atoms with van der Waals surface area (Å²) in [4.78, 5) is 12.5. The van der Waals surface area contributed by atoms with Crippen LogP contribution in [0.4, 0.5) is 11.4 Å². The molecule has 1 amide bonds. The van der Waals surface area contributed by atoms with Gasteiger partial charge in [-0.1, -0.05) is 24.3 Å². The molecule has 8 heteroatoms. The number of hydrogen-bond acceptors (Lipinski definition) is 7. The minimum absolute atomic E-state index is 0.0997. The van der Waals surface area contributed by atoms with E-state index in [9.17, 15) is 9.90 Å². The van der Waals surface area contributed by atoms with Gasteiger partial charge in [0.25, 0.3) is 5.91 Å². The number of anilines is 1. The van der Waals surface area contributed by atoms with Gasteiger partial charge in [-0.3, -0.25) is 4.79 Å². The average molecular weight is 371 g/mol. The molecule has 0 aliphatic carbocycles. The van der Waals surface area contributed by atoms with Gasteiger partial charge in [-0.15, -0.1) is 10.2 Å². The number of benzene rings is 2. The highest BCUT2D eigenvalue weighted by Crippen LogP contribution is 2.28. The number of carbonyl (C=O) groups excluding carboxylic acids is 1. The van der Waals surface area contributed by atoms with E-state index in [1.54, 1.807) is 48.5 Å². The minimum atomic E-state index is -0.642. The molecule has 2 aromatic carbocycles. The quantitative estimate of drug-likeness (QED) is 0.373. The summed E-state index contributed by atoms with van der Waals surface area (Å²) >= 11 is 0. The zero-order valence-corrected chi connectivity index (χ0v) is 15.0. The molecular weight excluding hydrogens is 350 g/mol. The Labute approximate surface area is 156 Å². The number of azo groups is 1. The number of methoxy groups -OCH3 is 1. The lowest BCUT2D eigenvalue weighted by Crippen LogP contribution is -2.15. The van der Waals surface area contributed by atoms with Crippen LogP contribution < -0.4 is 14.8 Å². The van der Waals surface area contributed by atoms with E-state index in [0.717, 1.165) is 0 Å². The first-order valence-corrected chi connectivity index (χ1v) is 8.15. The van der Waals surface area contributed by atoms with Crippen LogP contribution in [0.15, 0.2) is 70.2 Å². The van der Waals surface area contributed by atoms with Gasteiger partial charge in [-0.25, -0.2) is 0 Å². The Morgan fingerprint density at radius 1 is 1.11 bits per heavy atom.